The van der Waals surface area contributed by atoms with Gasteiger partial charge >= 0.3 is 12.0 Å². The average Bonchev–Trinajstić information content (AvgIpc) is 3.84. The molecule has 0 radical (unpaired) electrons. The zero-order valence-corrected chi connectivity index (χ0v) is 23.3. The van der Waals surface area contributed by atoms with E-state index < -0.39 is 0 Å². The molecule has 0 fully saturated rings. The highest BCUT2D eigenvalue weighted by Crippen LogP contribution is 2.36. The summed E-state index contributed by atoms with van der Waals surface area (Å²) < 4.78 is 16.9. The Morgan fingerprint density at radius 1 is 0.386 bits per heavy atom. The van der Waals surface area contributed by atoms with Crippen molar-refractivity contribution in [3.05, 3.63) is 133 Å². The fourth-order valence-corrected chi connectivity index (χ4v) is 6.64. The van der Waals surface area contributed by atoms with Crippen molar-refractivity contribution in [2.24, 2.45) is 0 Å². The molecule has 6 aromatic carbocycles. The molecule has 44 heavy (non-hydrogen) atoms. The van der Waals surface area contributed by atoms with Crippen molar-refractivity contribution in [1.29, 1.82) is 0 Å². The Morgan fingerprint density at radius 3 is 1.09 bits per heavy atom. The molecule has 0 aliphatic carbocycles. The fraction of sp³-hybridized carbons (Fsp3) is 0. The third-order valence-corrected chi connectivity index (χ3v) is 8.63. The lowest BCUT2D eigenvalue weighted by atomic mass is 10.0. The largest absolute Gasteiger partial charge is 0.423 e. The molecule has 0 spiro atoms. The zero-order valence-electron chi connectivity index (χ0n) is 23.3. The number of fused-ring (bicyclic) bond motifs is 8. The molecule has 0 aliphatic rings. The lowest BCUT2D eigenvalue weighted by molar-refractivity contribution is 0.574. The Labute approximate surface area is 250 Å². The number of para-hydroxylation sites is 4. The first-order valence-electron chi connectivity index (χ1n) is 14.6. The van der Waals surface area contributed by atoms with Gasteiger partial charge in [-0.25, -0.2) is 0 Å². The molecule has 4 heterocycles. The van der Waals surface area contributed by atoms with Crippen LogP contribution in [0.15, 0.2) is 142 Å². The summed E-state index contributed by atoms with van der Waals surface area (Å²) in [5, 5.41) is 4.69. The molecule has 0 bridgehead atoms. The SMILES string of the molecule is c1ccc2c(c1)c1ccccc1n2-c1nc2cc(-c3ccc4oc(-n5c6ccccc6c6ccccc65)nc4c3)ccc2o1. The molecule has 0 aliphatic heterocycles. The van der Waals surface area contributed by atoms with Crippen LogP contribution < -0.4 is 0 Å². The van der Waals surface area contributed by atoms with Crippen molar-refractivity contribution in [3.8, 4) is 23.2 Å². The standard InChI is InChI=1S/C38H22N4O2/c1-5-13-31-25(9-1)26-10-2-6-14-32(26)41(31)37-39-29-21-23(17-19-35(29)43-37)24-18-20-36-30(22-24)40-38(44-36)42-33-15-7-3-11-27(33)28-12-4-8-16-34(28)42/h1-22H. The van der Waals surface area contributed by atoms with Gasteiger partial charge in [-0.3, -0.25) is 9.13 Å². The summed E-state index contributed by atoms with van der Waals surface area (Å²) in [6.07, 6.45) is 0. The van der Waals surface area contributed by atoms with Gasteiger partial charge in [0.05, 0.1) is 22.1 Å². The van der Waals surface area contributed by atoms with Crippen LogP contribution in [0.1, 0.15) is 0 Å². The third-order valence-electron chi connectivity index (χ3n) is 8.63. The van der Waals surface area contributed by atoms with Crippen LogP contribution in [0, 0.1) is 0 Å². The summed E-state index contributed by atoms with van der Waals surface area (Å²) in [7, 11) is 0. The van der Waals surface area contributed by atoms with E-state index in [9.17, 15) is 0 Å². The number of aromatic nitrogens is 4. The smallest absolute Gasteiger partial charge is 0.307 e. The summed E-state index contributed by atoms with van der Waals surface area (Å²) in [4.78, 5) is 9.92. The van der Waals surface area contributed by atoms with E-state index in [-0.39, 0.29) is 0 Å². The van der Waals surface area contributed by atoms with Crippen molar-refractivity contribution in [3.63, 3.8) is 0 Å². The average molecular weight is 567 g/mol. The van der Waals surface area contributed by atoms with Crippen LogP contribution in [0.4, 0.5) is 0 Å². The second-order valence-corrected chi connectivity index (χ2v) is 11.1. The summed E-state index contributed by atoms with van der Waals surface area (Å²) >= 11 is 0. The van der Waals surface area contributed by atoms with E-state index in [4.69, 9.17) is 18.8 Å². The third kappa shape index (κ3) is 3.25. The van der Waals surface area contributed by atoms with Crippen molar-refractivity contribution in [2.75, 3.05) is 0 Å². The van der Waals surface area contributed by atoms with E-state index in [2.05, 4.69) is 106 Å². The molecule has 0 atom stereocenters. The van der Waals surface area contributed by atoms with Crippen LogP contribution in [0.2, 0.25) is 0 Å². The molecule has 0 saturated carbocycles. The van der Waals surface area contributed by atoms with Gasteiger partial charge in [0.1, 0.15) is 11.0 Å². The number of benzene rings is 6. The summed E-state index contributed by atoms with van der Waals surface area (Å²) in [6.45, 7) is 0. The van der Waals surface area contributed by atoms with E-state index in [1.54, 1.807) is 0 Å². The highest BCUT2D eigenvalue weighted by atomic mass is 16.4. The molecule has 0 saturated heterocycles. The molecule has 206 valence electrons. The first-order chi connectivity index (χ1) is 21.8. The Balaban J connectivity index is 1.09. The Bertz CT molecular complexity index is 2440. The van der Waals surface area contributed by atoms with E-state index in [0.29, 0.717) is 12.0 Å². The van der Waals surface area contributed by atoms with Gasteiger partial charge in [-0.2, -0.15) is 9.97 Å². The van der Waals surface area contributed by atoms with Gasteiger partial charge in [0.25, 0.3) is 0 Å². The molecular weight excluding hydrogens is 544 g/mol. The summed E-state index contributed by atoms with van der Waals surface area (Å²) in [6, 6.07) is 46.8. The minimum Gasteiger partial charge on any atom is -0.423 e. The van der Waals surface area contributed by atoms with Crippen LogP contribution in [-0.4, -0.2) is 19.1 Å². The fourth-order valence-electron chi connectivity index (χ4n) is 6.64. The molecule has 0 N–H and O–H groups in total. The van der Waals surface area contributed by atoms with Gasteiger partial charge in [-0.15, -0.1) is 0 Å². The number of rotatable bonds is 3. The Kier molecular flexibility index (Phi) is 4.63. The second kappa shape index (κ2) is 8.69. The van der Waals surface area contributed by atoms with E-state index in [1.165, 1.54) is 21.5 Å². The van der Waals surface area contributed by atoms with Crippen LogP contribution in [0.25, 0.3) is 89.0 Å². The predicted octanol–water partition coefficient (Wildman–Crippen LogP) is 9.83. The topological polar surface area (TPSA) is 61.9 Å². The van der Waals surface area contributed by atoms with Crippen molar-refractivity contribution in [1.82, 2.24) is 19.1 Å². The van der Waals surface area contributed by atoms with Crippen molar-refractivity contribution >= 4 is 65.8 Å². The number of nitrogens with zero attached hydrogens (tertiary/aromatic N) is 4. The van der Waals surface area contributed by atoms with Gasteiger partial charge in [0.15, 0.2) is 11.2 Å². The van der Waals surface area contributed by atoms with E-state index >= 15 is 0 Å². The quantitative estimate of drug-likeness (QED) is 0.214. The number of hydrogen-bond acceptors (Lipinski definition) is 4. The molecule has 10 aromatic rings. The van der Waals surface area contributed by atoms with Crippen LogP contribution in [0.3, 0.4) is 0 Å². The van der Waals surface area contributed by atoms with Crippen molar-refractivity contribution < 1.29 is 8.83 Å². The minimum atomic E-state index is 0.553. The lowest BCUT2D eigenvalue weighted by Crippen LogP contribution is -1.93. The van der Waals surface area contributed by atoms with Gasteiger partial charge in [-0.05, 0) is 59.7 Å². The highest BCUT2D eigenvalue weighted by Gasteiger charge is 2.18. The molecule has 4 aromatic heterocycles. The van der Waals surface area contributed by atoms with Crippen molar-refractivity contribution in [2.45, 2.75) is 0 Å². The maximum absolute atomic E-state index is 6.33. The van der Waals surface area contributed by atoms with Gasteiger partial charge in [0, 0.05) is 21.5 Å². The lowest BCUT2D eigenvalue weighted by Gasteiger charge is -2.00. The Morgan fingerprint density at radius 2 is 0.727 bits per heavy atom. The number of hydrogen-bond donors (Lipinski definition) is 0. The minimum absolute atomic E-state index is 0.553. The maximum Gasteiger partial charge on any atom is 0.307 e. The normalized spacial score (nSPS) is 12.1. The molecule has 6 nitrogen and oxygen atoms in total. The van der Waals surface area contributed by atoms with Crippen LogP contribution in [0.5, 0.6) is 0 Å². The van der Waals surface area contributed by atoms with Crippen LogP contribution in [-0.2, 0) is 0 Å². The monoisotopic (exact) mass is 566 g/mol. The summed E-state index contributed by atoms with van der Waals surface area (Å²) in [5.41, 5.74) is 9.39. The number of oxazole rings is 2. The van der Waals surface area contributed by atoms with E-state index in [0.717, 1.165) is 55.4 Å². The zero-order chi connectivity index (χ0) is 28.8. The molecule has 6 heteroatoms. The maximum atomic E-state index is 6.33. The van der Waals surface area contributed by atoms with Gasteiger partial charge in [-0.1, -0.05) is 84.9 Å². The van der Waals surface area contributed by atoms with Gasteiger partial charge < -0.3 is 8.83 Å². The van der Waals surface area contributed by atoms with Crippen LogP contribution >= 0.6 is 0 Å². The summed E-state index contributed by atoms with van der Waals surface area (Å²) in [5.74, 6) is 0. The highest BCUT2D eigenvalue weighted by molar-refractivity contribution is 6.10. The van der Waals surface area contributed by atoms with Gasteiger partial charge in [0.2, 0.25) is 0 Å². The first-order valence-corrected chi connectivity index (χ1v) is 14.6. The predicted molar refractivity (Wildman–Crippen MR) is 176 cm³/mol. The first kappa shape index (κ1) is 23.4. The second-order valence-electron chi connectivity index (χ2n) is 11.1. The Hall–Kier alpha value is -6.14. The molecule has 0 unspecified atom stereocenters. The molecular formula is C38H22N4O2. The van der Waals surface area contributed by atoms with E-state index in [1.807, 2.05) is 36.4 Å². The molecule has 0 amide bonds. The molecule has 10 rings (SSSR count).